The van der Waals surface area contributed by atoms with Crippen molar-refractivity contribution in [3.63, 3.8) is 0 Å². The molecule has 0 spiro atoms. The van der Waals surface area contributed by atoms with Gasteiger partial charge >= 0.3 is 6.18 Å². The Hall–Kier alpha value is -3.29. The maximum Gasteiger partial charge on any atom is 0.421 e. The Morgan fingerprint density at radius 2 is 1.61 bits per heavy atom. The largest absolute Gasteiger partial charge is 0.490 e. The number of ether oxygens (including phenoxy) is 1. The van der Waals surface area contributed by atoms with Crippen LogP contribution in [0.1, 0.15) is 37.7 Å². The predicted octanol–water partition coefficient (Wildman–Crippen LogP) is 6.69. The van der Waals surface area contributed by atoms with Gasteiger partial charge in [0, 0.05) is 23.6 Å². The molecule has 1 heterocycles. The van der Waals surface area contributed by atoms with E-state index < -0.39 is 11.7 Å². The van der Waals surface area contributed by atoms with E-state index in [0.717, 1.165) is 31.9 Å². The first-order chi connectivity index (χ1) is 15.0. The van der Waals surface area contributed by atoms with E-state index in [1.807, 2.05) is 24.3 Å². The van der Waals surface area contributed by atoms with Crippen molar-refractivity contribution in [2.24, 2.45) is 0 Å². The SMILES string of the molecule is FC(F)(F)c1cnc(Nc2ccccc2)nc1Nc1cccc(OC2CCCCC2)c1. The van der Waals surface area contributed by atoms with Gasteiger partial charge in [0.2, 0.25) is 5.95 Å². The zero-order valence-corrected chi connectivity index (χ0v) is 16.8. The molecule has 1 fully saturated rings. The fraction of sp³-hybridized carbons (Fsp3) is 0.304. The van der Waals surface area contributed by atoms with Crippen LogP contribution in [0.15, 0.2) is 60.8 Å². The summed E-state index contributed by atoms with van der Waals surface area (Å²) in [5.41, 5.74) is 0.198. The third kappa shape index (κ3) is 5.65. The number of halogens is 3. The normalized spacial score (nSPS) is 14.8. The van der Waals surface area contributed by atoms with Crippen molar-refractivity contribution in [2.75, 3.05) is 10.6 Å². The molecule has 0 amide bonds. The van der Waals surface area contributed by atoms with E-state index in [-0.39, 0.29) is 17.9 Å². The van der Waals surface area contributed by atoms with Gasteiger partial charge in [-0.05, 0) is 49.9 Å². The van der Waals surface area contributed by atoms with Gasteiger partial charge in [-0.2, -0.15) is 18.2 Å². The molecule has 0 unspecified atom stereocenters. The summed E-state index contributed by atoms with van der Waals surface area (Å²) in [6.45, 7) is 0. The summed E-state index contributed by atoms with van der Waals surface area (Å²) in [5, 5.41) is 5.71. The Bertz CT molecular complexity index is 1010. The number of nitrogens with one attached hydrogen (secondary N) is 2. The van der Waals surface area contributed by atoms with Crippen molar-refractivity contribution < 1.29 is 17.9 Å². The van der Waals surface area contributed by atoms with E-state index in [0.29, 0.717) is 17.1 Å². The Kier molecular flexibility index (Phi) is 6.25. The van der Waals surface area contributed by atoms with E-state index in [4.69, 9.17) is 4.74 Å². The Balaban J connectivity index is 1.57. The van der Waals surface area contributed by atoms with E-state index in [1.54, 1.807) is 30.3 Å². The van der Waals surface area contributed by atoms with Crippen molar-refractivity contribution in [1.82, 2.24) is 9.97 Å². The van der Waals surface area contributed by atoms with E-state index >= 15 is 0 Å². The number of anilines is 4. The van der Waals surface area contributed by atoms with Crippen LogP contribution in [0.25, 0.3) is 0 Å². The van der Waals surface area contributed by atoms with Crippen LogP contribution in [0, 0.1) is 0 Å². The summed E-state index contributed by atoms with van der Waals surface area (Å²) >= 11 is 0. The topological polar surface area (TPSA) is 59.1 Å². The highest BCUT2D eigenvalue weighted by molar-refractivity contribution is 5.63. The molecule has 0 saturated heterocycles. The van der Waals surface area contributed by atoms with Gasteiger partial charge in [-0.1, -0.05) is 30.7 Å². The van der Waals surface area contributed by atoms with Crippen LogP contribution in [-0.2, 0) is 6.18 Å². The van der Waals surface area contributed by atoms with Crippen molar-refractivity contribution in [3.8, 4) is 5.75 Å². The molecule has 0 aliphatic heterocycles. The Morgan fingerprint density at radius 1 is 0.871 bits per heavy atom. The Labute approximate surface area is 178 Å². The number of aromatic nitrogens is 2. The molecular formula is C23H23F3N4O. The molecule has 3 aromatic rings. The van der Waals surface area contributed by atoms with Crippen LogP contribution in [0.4, 0.5) is 36.3 Å². The number of nitrogens with zero attached hydrogens (tertiary/aromatic N) is 2. The lowest BCUT2D eigenvalue weighted by atomic mass is 9.98. The van der Waals surface area contributed by atoms with E-state index in [9.17, 15) is 13.2 Å². The number of alkyl halides is 3. The molecule has 0 atom stereocenters. The van der Waals surface area contributed by atoms with Gasteiger partial charge in [0.1, 0.15) is 17.1 Å². The summed E-state index contributed by atoms with van der Waals surface area (Å²) in [5.74, 6) is 0.370. The van der Waals surface area contributed by atoms with Crippen molar-refractivity contribution in [1.29, 1.82) is 0 Å². The molecule has 162 valence electrons. The molecule has 1 aliphatic rings. The third-order valence-corrected chi connectivity index (χ3v) is 5.08. The zero-order chi connectivity index (χ0) is 21.7. The third-order valence-electron chi connectivity index (χ3n) is 5.08. The molecule has 1 aromatic heterocycles. The first kappa shape index (κ1) is 21.0. The van der Waals surface area contributed by atoms with Gasteiger partial charge in [0.15, 0.2) is 0 Å². The second-order valence-corrected chi connectivity index (χ2v) is 7.48. The monoisotopic (exact) mass is 428 g/mol. The highest BCUT2D eigenvalue weighted by Crippen LogP contribution is 2.36. The molecule has 31 heavy (non-hydrogen) atoms. The average molecular weight is 428 g/mol. The van der Waals surface area contributed by atoms with Crippen molar-refractivity contribution in [2.45, 2.75) is 44.4 Å². The molecule has 1 saturated carbocycles. The first-order valence-corrected chi connectivity index (χ1v) is 10.3. The minimum Gasteiger partial charge on any atom is -0.490 e. The highest BCUT2D eigenvalue weighted by atomic mass is 19.4. The maximum absolute atomic E-state index is 13.5. The summed E-state index contributed by atoms with van der Waals surface area (Å²) in [6, 6.07) is 16.0. The van der Waals surface area contributed by atoms with Gasteiger partial charge in [-0.15, -0.1) is 0 Å². The van der Waals surface area contributed by atoms with Gasteiger partial charge in [-0.25, -0.2) is 4.98 Å². The molecule has 5 nitrogen and oxygen atoms in total. The quantitative estimate of drug-likeness (QED) is 0.458. The molecule has 2 aromatic carbocycles. The highest BCUT2D eigenvalue weighted by Gasteiger charge is 2.35. The lowest BCUT2D eigenvalue weighted by molar-refractivity contribution is -0.137. The van der Waals surface area contributed by atoms with Crippen LogP contribution in [0.2, 0.25) is 0 Å². The lowest BCUT2D eigenvalue weighted by Crippen LogP contribution is -2.19. The van der Waals surface area contributed by atoms with Gasteiger partial charge in [-0.3, -0.25) is 0 Å². The van der Waals surface area contributed by atoms with Crippen LogP contribution in [0.5, 0.6) is 5.75 Å². The van der Waals surface area contributed by atoms with E-state index in [1.165, 1.54) is 6.42 Å². The minimum atomic E-state index is -4.59. The first-order valence-electron chi connectivity index (χ1n) is 10.3. The molecule has 0 radical (unpaired) electrons. The predicted molar refractivity (Wildman–Crippen MR) is 114 cm³/mol. The second kappa shape index (κ2) is 9.24. The molecule has 4 rings (SSSR count). The minimum absolute atomic E-state index is 0.0660. The Morgan fingerprint density at radius 3 is 2.35 bits per heavy atom. The summed E-state index contributed by atoms with van der Waals surface area (Å²) in [4.78, 5) is 7.91. The average Bonchev–Trinajstić information content (AvgIpc) is 2.75. The number of benzene rings is 2. The molecule has 8 heteroatoms. The number of hydrogen-bond donors (Lipinski definition) is 2. The van der Waals surface area contributed by atoms with Crippen LogP contribution in [-0.4, -0.2) is 16.1 Å². The van der Waals surface area contributed by atoms with Crippen LogP contribution < -0.4 is 15.4 Å². The molecular weight excluding hydrogens is 405 g/mol. The lowest BCUT2D eigenvalue weighted by Gasteiger charge is -2.23. The summed E-state index contributed by atoms with van der Waals surface area (Å²) < 4.78 is 46.6. The van der Waals surface area contributed by atoms with Crippen LogP contribution >= 0.6 is 0 Å². The molecule has 2 N–H and O–H groups in total. The standard InChI is InChI=1S/C23H23F3N4O/c24-23(25,26)20-15-27-22(29-16-8-3-1-4-9-16)30-21(20)28-17-10-7-13-19(14-17)31-18-11-5-2-6-12-18/h1,3-4,7-10,13-15,18H,2,5-6,11-12H2,(H2,27,28,29,30). The van der Waals surface area contributed by atoms with Gasteiger partial charge in [0.05, 0.1) is 6.10 Å². The number of para-hydroxylation sites is 1. The fourth-order valence-corrected chi connectivity index (χ4v) is 3.55. The van der Waals surface area contributed by atoms with Gasteiger partial charge < -0.3 is 15.4 Å². The second-order valence-electron chi connectivity index (χ2n) is 7.48. The molecule has 0 bridgehead atoms. The summed E-state index contributed by atoms with van der Waals surface area (Å²) in [7, 11) is 0. The fourth-order valence-electron chi connectivity index (χ4n) is 3.55. The summed E-state index contributed by atoms with van der Waals surface area (Å²) in [6.07, 6.45) is 1.81. The molecule has 1 aliphatic carbocycles. The number of hydrogen-bond acceptors (Lipinski definition) is 5. The maximum atomic E-state index is 13.5. The van der Waals surface area contributed by atoms with E-state index in [2.05, 4.69) is 20.6 Å². The van der Waals surface area contributed by atoms with Crippen molar-refractivity contribution in [3.05, 3.63) is 66.4 Å². The van der Waals surface area contributed by atoms with Crippen LogP contribution in [0.3, 0.4) is 0 Å². The zero-order valence-electron chi connectivity index (χ0n) is 16.8. The van der Waals surface area contributed by atoms with Gasteiger partial charge in [0.25, 0.3) is 0 Å². The smallest absolute Gasteiger partial charge is 0.421 e. The van der Waals surface area contributed by atoms with Crippen molar-refractivity contribution >= 4 is 23.1 Å². The number of rotatable bonds is 6.